The van der Waals surface area contributed by atoms with Crippen molar-refractivity contribution < 1.29 is 4.79 Å². The van der Waals surface area contributed by atoms with Crippen molar-refractivity contribution in [1.29, 1.82) is 0 Å². The first-order valence-electron chi connectivity index (χ1n) is 7.08. The quantitative estimate of drug-likeness (QED) is 0.814. The SMILES string of the molecule is Cc1cccc(C(=O)NC(CBr)Cc2ccccc2)c1C. The second kappa shape index (κ2) is 7.41. The Bertz CT molecular complexity index is 610. The molecule has 2 aromatic rings. The minimum absolute atomic E-state index is 0.00317. The molecule has 0 aliphatic rings. The van der Waals surface area contributed by atoms with Crippen LogP contribution in [0.2, 0.25) is 0 Å². The maximum atomic E-state index is 12.4. The lowest BCUT2D eigenvalue weighted by atomic mass is 10.0. The number of hydrogen-bond acceptors (Lipinski definition) is 1. The molecule has 2 aromatic carbocycles. The number of rotatable bonds is 5. The molecule has 1 N–H and O–H groups in total. The van der Waals surface area contributed by atoms with Crippen LogP contribution >= 0.6 is 15.9 Å². The summed E-state index contributed by atoms with van der Waals surface area (Å²) in [5.41, 5.74) is 4.17. The number of benzene rings is 2. The zero-order chi connectivity index (χ0) is 15.2. The van der Waals surface area contributed by atoms with Gasteiger partial charge in [0, 0.05) is 16.9 Å². The van der Waals surface area contributed by atoms with E-state index in [1.54, 1.807) is 0 Å². The third kappa shape index (κ3) is 4.18. The molecule has 3 heteroatoms. The Hall–Kier alpha value is -1.61. The standard InChI is InChI=1S/C18H20BrNO/c1-13-7-6-10-17(14(13)2)18(21)20-16(12-19)11-15-8-4-3-5-9-15/h3-10,16H,11-12H2,1-2H3,(H,20,21). The second-order valence-electron chi connectivity index (χ2n) is 5.26. The molecule has 1 unspecified atom stereocenters. The van der Waals surface area contributed by atoms with Crippen molar-refractivity contribution in [3.05, 3.63) is 70.8 Å². The first-order chi connectivity index (χ1) is 10.1. The summed E-state index contributed by atoms with van der Waals surface area (Å²) in [5.74, 6) is -0.00317. The zero-order valence-corrected chi connectivity index (χ0v) is 14.0. The van der Waals surface area contributed by atoms with Crippen LogP contribution in [-0.4, -0.2) is 17.3 Å². The Labute approximate surface area is 134 Å². The molecule has 0 fully saturated rings. The summed E-state index contributed by atoms with van der Waals surface area (Å²) in [6.45, 7) is 4.02. The first-order valence-corrected chi connectivity index (χ1v) is 8.21. The third-order valence-electron chi connectivity index (χ3n) is 3.70. The predicted octanol–water partition coefficient (Wildman–Crippen LogP) is 4.04. The van der Waals surface area contributed by atoms with Crippen LogP contribution in [0.15, 0.2) is 48.5 Å². The van der Waals surface area contributed by atoms with Gasteiger partial charge in [-0.2, -0.15) is 0 Å². The van der Waals surface area contributed by atoms with Gasteiger partial charge in [-0.05, 0) is 43.0 Å². The van der Waals surface area contributed by atoms with E-state index in [-0.39, 0.29) is 11.9 Å². The number of amides is 1. The summed E-state index contributed by atoms with van der Waals surface area (Å²) in [6.07, 6.45) is 0.822. The molecule has 0 saturated heterocycles. The average molecular weight is 346 g/mol. The van der Waals surface area contributed by atoms with Gasteiger partial charge in [-0.15, -0.1) is 0 Å². The predicted molar refractivity (Wildman–Crippen MR) is 91.1 cm³/mol. The molecule has 2 nitrogen and oxygen atoms in total. The molecule has 21 heavy (non-hydrogen) atoms. The minimum Gasteiger partial charge on any atom is -0.348 e. The van der Waals surface area contributed by atoms with E-state index in [9.17, 15) is 4.79 Å². The van der Waals surface area contributed by atoms with Gasteiger partial charge in [0.1, 0.15) is 0 Å². The number of halogens is 1. The Morgan fingerprint density at radius 1 is 1.10 bits per heavy atom. The van der Waals surface area contributed by atoms with Crippen LogP contribution in [0.1, 0.15) is 27.0 Å². The number of hydrogen-bond donors (Lipinski definition) is 1. The van der Waals surface area contributed by atoms with Crippen molar-refractivity contribution in [2.45, 2.75) is 26.3 Å². The Kier molecular flexibility index (Phi) is 5.57. The highest BCUT2D eigenvalue weighted by Crippen LogP contribution is 2.13. The molecule has 1 amide bonds. The highest BCUT2D eigenvalue weighted by atomic mass is 79.9. The van der Waals surface area contributed by atoms with E-state index in [2.05, 4.69) is 33.4 Å². The van der Waals surface area contributed by atoms with Crippen LogP contribution in [0.3, 0.4) is 0 Å². The van der Waals surface area contributed by atoms with Crippen molar-refractivity contribution in [3.63, 3.8) is 0 Å². The molecular formula is C18H20BrNO. The van der Waals surface area contributed by atoms with Crippen LogP contribution in [0.5, 0.6) is 0 Å². The molecule has 2 rings (SSSR count). The molecule has 0 heterocycles. The topological polar surface area (TPSA) is 29.1 Å². The van der Waals surface area contributed by atoms with Crippen LogP contribution in [0.25, 0.3) is 0 Å². The highest BCUT2D eigenvalue weighted by molar-refractivity contribution is 9.09. The van der Waals surface area contributed by atoms with E-state index < -0.39 is 0 Å². The summed E-state index contributed by atoms with van der Waals surface area (Å²) in [5, 5.41) is 3.85. The molecule has 0 saturated carbocycles. The Balaban J connectivity index is 2.08. The molecule has 0 aliphatic heterocycles. The molecule has 1 atom stereocenters. The van der Waals surface area contributed by atoms with Gasteiger partial charge in [-0.25, -0.2) is 0 Å². The zero-order valence-electron chi connectivity index (χ0n) is 12.4. The van der Waals surface area contributed by atoms with Crippen LogP contribution in [-0.2, 0) is 6.42 Å². The number of aryl methyl sites for hydroxylation is 1. The number of nitrogens with one attached hydrogen (secondary N) is 1. The van der Waals surface area contributed by atoms with Crippen LogP contribution < -0.4 is 5.32 Å². The highest BCUT2D eigenvalue weighted by Gasteiger charge is 2.15. The van der Waals surface area contributed by atoms with Gasteiger partial charge in [0.2, 0.25) is 0 Å². The Morgan fingerprint density at radius 2 is 1.81 bits per heavy atom. The van der Waals surface area contributed by atoms with E-state index in [4.69, 9.17) is 0 Å². The fourth-order valence-electron chi connectivity index (χ4n) is 2.30. The molecule has 0 aromatic heterocycles. The molecule has 0 aliphatic carbocycles. The number of alkyl halides is 1. The van der Waals surface area contributed by atoms with Crippen LogP contribution in [0.4, 0.5) is 0 Å². The molecular weight excluding hydrogens is 326 g/mol. The normalized spacial score (nSPS) is 12.0. The number of carbonyl (C=O) groups is 1. The van der Waals surface area contributed by atoms with Crippen molar-refractivity contribution in [1.82, 2.24) is 5.32 Å². The molecule has 0 spiro atoms. The van der Waals surface area contributed by atoms with E-state index >= 15 is 0 Å². The summed E-state index contributed by atoms with van der Waals surface area (Å²) < 4.78 is 0. The van der Waals surface area contributed by atoms with Crippen LogP contribution in [0, 0.1) is 13.8 Å². The van der Waals surface area contributed by atoms with E-state index in [0.29, 0.717) is 0 Å². The number of carbonyl (C=O) groups excluding carboxylic acids is 1. The van der Waals surface area contributed by atoms with Crippen molar-refractivity contribution in [2.24, 2.45) is 0 Å². The first kappa shape index (κ1) is 15.8. The Morgan fingerprint density at radius 3 is 2.48 bits per heavy atom. The summed E-state index contributed by atoms with van der Waals surface area (Å²) in [6, 6.07) is 16.1. The smallest absolute Gasteiger partial charge is 0.251 e. The monoisotopic (exact) mass is 345 g/mol. The maximum absolute atomic E-state index is 12.4. The third-order valence-corrected chi connectivity index (χ3v) is 4.48. The van der Waals surface area contributed by atoms with Gasteiger partial charge in [-0.3, -0.25) is 4.79 Å². The van der Waals surface area contributed by atoms with Gasteiger partial charge in [0.25, 0.3) is 5.91 Å². The summed E-state index contributed by atoms with van der Waals surface area (Å²) in [7, 11) is 0. The second-order valence-corrected chi connectivity index (χ2v) is 5.91. The van der Waals surface area contributed by atoms with Gasteiger partial charge in [-0.1, -0.05) is 58.4 Å². The fourth-order valence-corrected chi connectivity index (χ4v) is 2.69. The fraction of sp³-hybridized carbons (Fsp3) is 0.278. The van der Waals surface area contributed by atoms with Gasteiger partial charge in [0.05, 0.1) is 0 Å². The minimum atomic E-state index is -0.00317. The lowest BCUT2D eigenvalue weighted by Gasteiger charge is -2.17. The van der Waals surface area contributed by atoms with Gasteiger partial charge in [0.15, 0.2) is 0 Å². The summed E-state index contributed by atoms with van der Waals surface area (Å²) in [4.78, 5) is 12.4. The molecule has 110 valence electrons. The van der Waals surface area contributed by atoms with Gasteiger partial charge >= 0.3 is 0 Å². The maximum Gasteiger partial charge on any atom is 0.251 e. The van der Waals surface area contributed by atoms with E-state index in [1.165, 1.54) is 5.56 Å². The molecule has 0 radical (unpaired) electrons. The lowest BCUT2D eigenvalue weighted by molar-refractivity contribution is 0.0940. The van der Waals surface area contributed by atoms with Gasteiger partial charge < -0.3 is 5.32 Å². The lowest BCUT2D eigenvalue weighted by Crippen LogP contribution is -2.38. The van der Waals surface area contributed by atoms with Crippen molar-refractivity contribution in [2.75, 3.05) is 5.33 Å². The molecule has 0 bridgehead atoms. The van der Waals surface area contributed by atoms with E-state index in [1.807, 2.05) is 50.2 Å². The largest absolute Gasteiger partial charge is 0.348 e. The van der Waals surface area contributed by atoms with E-state index in [0.717, 1.165) is 28.4 Å². The average Bonchev–Trinajstić information content (AvgIpc) is 2.50. The van der Waals surface area contributed by atoms with Crippen molar-refractivity contribution in [3.8, 4) is 0 Å². The summed E-state index contributed by atoms with van der Waals surface area (Å²) >= 11 is 3.49. The van der Waals surface area contributed by atoms with Crippen molar-refractivity contribution >= 4 is 21.8 Å².